The average molecular weight is 877 g/mol. The lowest BCUT2D eigenvalue weighted by Gasteiger charge is -2.22. The topological polar surface area (TPSA) is 162 Å². The van der Waals surface area contributed by atoms with Crippen LogP contribution >= 0.6 is 0 Å². The van der Waals surface area contributed by atoms with E-state index >= 15 is 0 Å². The number of para-hydroxylation sites is 1. The van der Waals surface area contributed by atoms with Crippen LogP contribution in [-0.4, -0.2) is 108 Å². The molecule has 7 atom stereocenters. The normalized spacial score (nSPS) is 14.6. The molecule has 0 aromatic heterocycles. The Labute approximate surface area is 369 Å². The molecule has 0 heterocycles. The minimum Gasteiger partial charge on any atom is -0.468 e. The van der Waals surface area contributed by atoms with Crippen molar-refractivity contribution in [3.63, 3.8) is 0 Å². The highest BCUT2D eigenvalue weighted by Crippen LogP contribution is 2.30. The maximum Gasteiger partial charge on any atom is 0.338 e. The first-order valence-corrected chi connectivity index (χ1v) is 20.9. The number of ether oxygens (including phenoxy) is 10. The first-order chi connectivity index (χ1) is 30.5. The van der Waals surface area contributed by atoms with Crippen molar-refractivity contribution in [1.82, 2.24) is 0 Å². The smallest absolute Gasteiger partial charge is 0.338 e. The molecule has 342 valence electrons. The Morgan fingerprint density at radius 1 is 0.476 bits per heavy atom. The predicted molar refractivity (Wildman–Crippen MR) is 230 cm³/mol. The Morgan fingerprint density at radius 2 is 1.00 bits per heavy atom. The summed E-state index contributed by atoms with van der Waals surface area (Å²) in [6.45, 7) is 12.3. The van der Waals surface area contributed by atoms with Crippen molar-refractivity contribution in [1.29, 1.82) is 0 Å². The second kappa shape index (κ2) is 28.3. The summed E-state index contributed by atoms with van der Waals surface area (Å²) in [7, 11) is 0. The number of hydrogen-bond acceptors (Lipinski definition) is 15. The molecule has 0 aliphatic carbocycles. The van der Waals surface area contributed by atoms with Gasteiger partial charge in [-0.3, -0.25) is 4.79 Å². The summed E-state index contributed by atoms with van der Waals surface area (Å²) in [5.41, 5.74) is 2.02. The van der Waals surface area contributed by atoms with Crippen LogP contribution < -0.4 is 9.47 Å². The standard InChI is InChI=1S/C48H60O15/c1-34(26-53-31-49)56-30-39(6)62-63-46(41-17-13-19-43(23-41)48(51)61-38(5)29-55-35(2)27-54-32-58-44-20-11-8-12-21-44)42-18-14-22-45(24-42)59-33-57-36(3)25-52-28-37(4)60-47(50)40-15-9-7-10-16-40/h7-24,31,34-39,46H,25-30,32-33H2,1-6H3. The second-order valence-corrected chi connectivity index (χ2v) is 14.8. The van der Waals surface area contributed by atoms with Crippen LogP contribution in [0.5, 0.6) is 11.5 Å². The minimum atomic E-state index is -0.821. The molecule has 4 aromatic carbocycles. The van der Waals surface area contributed by atoms with Gasteiger partial charge in [-0.1, -0.05) is 60.7 Å². The number of carbonyl (C=O) groups excluding carboxylic acids is 3. The fourth-order valence-corrected chi connectivity index (χ4v) is 5.60. The van der Waals surface area contributed by atoms with Gasteiger partial charge in [0, 0.05) is 0 Å². The summed E-state index contributed by atoms with van der Waals surface area (Å²) in [6, 6.07) is 32.2. The fraction of sp³-hybridized carbons (Fsp3) is 0.438. The van der Waals surface area contributed by atoms with Crippen LogP contribution in [-0.2, 0) is 52.5 Å². The van der Waals surface area contributed by atoms with E-state index in [-0.39, 0.29) is 64.9 Å². The molecule has 0 N–H and O–H groups in total. The summed E-state index contributed by atoms with van der Waals surface area (Å²) < 4.78 is 56.2. The van der Waals surface area contributed by atoms with Gasteiger partial charge in [-0.05, 0) is 101 Å². The Hall–Kier alpha value is -5.39. The van der Waals surface area contributed by atoms with Crippen molar-refractivity contribution < 1.29 is 71.5 Å². The molecule has 4 aromatic rings. The van der Waals surface area contributed by atoms with Crippen molar-refractivity contribution in [3.05, 3.63) is 131 Å². The molecule has 0 radical (unpaired) electrons. The molecular weight excluding hydrogens is 817 g/mol. The first kappa shape index (κ1) is 50.3. The van der Waals surface area contributed by atoms with Crippen LogP contribution in [0, 0.1) is 0 Å². The monoisotopic (exact) mass is 876 g/mol. The number of hydrogen-bond donors (Lipinski definition) is 0. The SMILES string of the molecule is CC(COC=O)OCC(C)OOC(c1cccc(OCOC(C)COCC(C)OC(=O)c2ccccc2)c1)c1cccc(C(=O)OC(C)COC(C)COCOc2ccccc2)c1. The van der Waals surface area contributed by atoms with Gasteiger partial charge in [0.1, 0.15) is 42.5 Å². The molecule has 0 saturated carbocycles. The molecule has 0 spiro atoms. The van der Waals surface area contributed by atoms with Gasteiger partial charge in [0.2, 0.25) is 0 Å². The van der Waals surface area contributed by atoms with Crippen molar-refractivity contribution in [2.24, 2.45) is 0 Å². The third kappa shape index (κ3) is 19.7. The quantitative estimate of drug-likeness (QED) is 0.00919. The summed E-state index contributed by atoms with van der Waals surface area (Å²) >= 11 is 0. The molecule has 0 aliphatic rings. The van der Waals surface area contributed by atoms with Crippen LogP contribution in [0.2, 0.25) is 0 Å². The second-order valence-electron chi connectivity index (χ2n) is 14.8. The van der Waals surface area contributed by atoms with Crippen molar-refractivity contribution >= 4 is 18.4 Å². The van der Waals surface area contributed by atoms with E-state index in [9.17, 15) is 14.4 Å². The maximum absolute atomic E-state index is 13.4. The van der Waals surface area contributed by atoms with Crippen LogP contribution in [0.1, 0.15) is 79.5 Å². The predicted octanol–water partition coefficient (Wildman–Crippen LogP) is 7.70. The molecule has 7 unspecified atom stereocenters. The summed E-state index contributed by atoms with van der Waals surface area (Å²) in [6.07, 6.45) is -3.31. The summed E-state index contributed by atoms with van der Waals surface area (Å²) in [5.74, 6) is 0.239. The first-order valence-electron chi connectivity index (χ1n) is 20.9. The summed E-state index contributed by atoms with van der Waals surface area (Å²) in [5, 5.41) is 0. The molecule has 0 saturated heterocycles. The van der Waals surface area contributed by atoms with Crippen LogP contribution in [0.3, 0.4) is 0 Å². The van der Waals surface area contributed by atoms with Gasteiger partial charge in [0.15, 0.2) is 13.6 Å². The molecule has 63 heavy (non-hydrogen) atoms. The zero-order valence-electron chi connectivity index (χ0n) is 36.8. The van der Waals surface area contributed by atoms with Gasteiger partial charge in [0.05, 0.1) is 62.5 Å². The zero-order valence-corrected chi connectivity index (χ0v) is 36.8. The largest absolute Gasteiger partial charge is 0.468 e. The minimum absolute atomic E-state index is 0.0768. The molecule has 0 amide bonds. The lowest BCUT2D eigenvalue weighted by atomic mass is 9.99. The zero-order chi connectivity index (χ0) is 45.2. The van der Waals surface area contributed by atoms with Crippen molar-refractivity contribution in [2.75, 3.05) is 53.2 Å². The van der Waals surface area contributed by atoms with Gasteiger partial charge < -0.3 is 47.4 Å². The molecule has 0 fully saturated rings. The molecule has 0 bridgehead atoms. The van der Waals surface area contributed by atoms with Crippen molar-refractivity contribution in [2.45, 2.75) is 84.3 Å². The maximum atomic E-state index is 13.4. The molecule has 15 heteroatoms. The van der Waals surface area contributed by atoms with E-state index < -0.39 is 36.4 Å². The van der Waals surface area contributed by atoms with Gasteiger partial charge in [-0.25, -0.2) is 19.4 Å². The number of carbonyl (C=O) groups is 3. The third-order valence-electron chi connectivity index (χ3n) is 8.85. The van der Waals surface area contributed by atoms with E-state index in [0.29, 0.717) is 46.8 Å². The molecule has 0 aliphatic heterocycles. The average Bonchev–Trinajstić information content (AvgIpc) is 3.29. The summed E-state index contributed by atoms with van der Waals surface area (Å²) in [4.78, 5) is 48.1. The Balaban J connectivity index is 1.31. The van der Waals surface area contributed by atoms with Crippen LogP contribution in [0.4, 0.5) is 0 Å². The highest BCUT2D eigenvalue weighted by molar-refractivity contribution is 5.90. The molecule has 4 rings (SSSR count). The highest BCUT2D eigenvalue weighted by Gasteiger charge is 2.22. The van der Waals surface area contributed by atoms with Gasteiger partial charge >= 0.3 is 11.9 Å². The Bertz CT molecular complexity index is 1900. The number of benzene rings is 4. The number of rotatable bonds is 31. The van der Waals surface area contributed by atoms with Crippen LogP contribution in [0.25, 0.3) is 0 Å². The Kier molecular flexibility index (Phi) is 22.6. The van der Waals surface area contributed by atoms with Crippen LogP contribution in [0.15, 0.2) is 109 Å². The van der Waals surface area contributed by atoms with E-state index in [1.165, 1.54) is 0 Å². The van der Waals surface area contributed by atoms with E-state index in [4.69, 9.17) is 57.1 Å². The molecule has 15 nitrogen and oxygen atoms in total. The fourth-order valence-electron chi connectivity index (χ4n) is 5.60. The highest BCUT2D eigenvalue weighted by atomic mass is 17.2. The van der Waals surface area contributed by atoms with Gasteiger partial charge in [-0.15, -0.1) is 0 Å². The third-order valence-corrected chi connectivity index (χ3v) is 8.85. The van der Waals surface area contributed by atoms with Crippen molar-refractivity contribution in [3.8, 4) is 11.5 Å². The lowest BCUT2D eigenvalue weighted by Crippen LogP contribution is -2.26. The van der Waals surface area contributed by atoms with E-state index in [0.717, 1.165) is 0 Å². The van der Waals surface area contributed by atoms with Gasteiger partial charge in [-0.2, -0.15) is 0 Å². The lowest BCUT2D eigenvalue weighted by molar-refractivity contribution is -0.348. The number of esters is 2. The van der Waals surface area contributed by atoms with Gasteiger partial charge in [0.25, 0.3) is 6.47 Å². The van der Waals surface area contributed by atoms with E-state index in [1.54, 1.807) is 88.4 Å². The van der Waals surface area contributed by atoms with E-state index in [2.05, 4.69) is 0 Å². The Morgan fingerprint density at radius 3 is 1.71 bits per heavy atom. The molecular formula is C48H60O15. The van der Waals surface area contributed by atoms with E-state index in [1.807, 2.05) is 62.4 Å².